The second kappa shape index (κ2) is 32.7. The standard InChI is InChI=1S/4C10H21OP.4ClH.2Pd/c4*1-10(2,3)12(11)9-7-5-4-6-8-9;;;;;;/h4*9,11H,4-8H2,1-3H3;4*1H;;/q;;;;;;;;2*+2/p-4. The fraction of sp³-hybridized carbons (Fsp3) is 1.00. The molecule has 0 spiro atoms. The molecule has 14 heteroatoms. The van der Waals surface area contributed by atoms with E-state index in [0.29, 0.717) is 22.6 Å². The molecule has 4 unspecified atom stereocenters. The first-order chi connectivity index (χ1) is 24.9. The van der Waals surface area contributed by atoms with E-state index >= 15 is 0 Å². The molecule has 0 heterocycles. The molecule has 336 valence electrons. The van der Waals surface area contributed by atoms with Gasteiger partial charge in [-0.15, -0.1) is 0 Å². The molecule has 0 bridgehead atoms. The zero-order valence-corrected chi connectivity index (χ0v) is 45.9. The molecule has 0 saturated heterocycles. The van der Waals surface area contributed by atoms with Gasteiger partial charge in [0.2, 0.25) is 0 Å². The first-order valence-corrected chi connectivity index (χ1v) is 33.9. The van der Waals surface area contributed by atoms with E-state index in [9.17, 15) is 19.6 Å². The molecule has 54 heavy (non-hydrogen) atoms. The molecule has 4 N–H and O–H groups in total. The van der Waals surface area contributed by atoms with E-state index in [1.165, 1.54) is 128 Å². The molecular formula is C40H84Cl4O4P4Pd2. The van der Waals surface area contributed by atoms with E-state index in [4.69, 9.17) is 38.1 Å². The summed E-state index contributed by atoms with van der Waals surface area (Å²) in [6, 6.07) is 0. The number of rotatable bonds is 4. The van der Waals surface area contributed by atoms with Crippen LogP contribution in [0.2, 0.25) is 0 Å². The van der Waals surface area contributed by atoms with Gasteiger partial charge in [-0.2, -0.15) is 0 Å². The SMILES string of the molecule is CC(C)(C)P(O)C1CCCCC1.CC(C)(C)P(O)C1CCCCC1.CC(C)(C)P(O)C1CCCCC1.CC(C)(C)P(O)C1CCCCC1.[Cl][Pd][Cl].[Cl][Pd][Cl]. The quantitative estimate of drug-likeness (QED) is 0.167. The predicted octanol–water partition coefficient (Wildman–Crippen LogP) is 16.8. The molecule has 4 atom stereocenters. The first-order valence-electron chi connectivity index (χ1n) is 20.5. The molecule has 0 aromatic heterocycles. The zero-order chi connectivity index (χ0) is 42.2. The summed E-state index contributed by atoms with van der Waals surface area (Å²) in [6.45, 7) is 25.9. The van der Waals surface area contributed by atoms with Gasteiger partial charge in [0.15, 0.2) is 0 Å². The maximum absolute atomic E-state index is 10.1. The van der Waals surface area contributed by atoms with E-state index in [0.717, 1.165) is 0 Å². The van der Waals surface area contributed by atoms with Gasteiger partial charge in [0.05, 0.1) is 0 Å². The Kier molecular flexibility index (Phi) is 36.4. The van der Waals surface area contributed by atoms with Crippen LogP contribution in [0.4, 0.5) is 0 Å². The molecule has 4 fully saturated rings. The minimum absolute atomic E-state index is 0.106. The van der Waals surface area contributed by atoms with Crippen LogP contribution in [0.3, 0.4) is 0 Å². The van der Waals surface area contributed by atoms with Crippen molar-refractivity contribution in [2.75, 3.05) is 0 Å². The van der Waals surface area contributed by atoms with Crippen molar-refractivity contribution in [3.63, 3.8) is 0 Å². The average Bonchev–Trinajstić information content (AvgIpc) is 3.12. The fourth-order valence-electron chi connectivity index (χ4n) is 7.49. The van der Waals surface area contributed by atoms with Crippen molar-refractivity contribution in [1.82, 2.24) is 0 Å². The number of hydrogen-bond donors (Lipinski definition) is 4. The average molecular weight is 1110 g/mol. The van der Waals surface area contributed by atoms with E-state index in [2.05, 4.69) is 83.1 Å². The van der Waals surface area contributed by atoms with Crippen LogP contribution in [0.15, 0.2) is 0 Å². The molecule has 4 nitrogen and oxygen atoms in total. The van der Waals surface area contributed by atoms with Gasteiger partial charge in [0.25, 0.3) is 0 Å². The molecular weight excluding hydrogens is 1020 g/mol. The van der Waals surface area contributed by atoms with Crippen LogP contribution in [-0.2, 0) is 31.9 Å². The summed E-state index contributed by atoms with van der Waals surface area (Å²) in [5.74, 6) is 0. The monoisotopic (exact) mass is 1100 g/mol. The second-order valence-corrected chi connectivity index (χ2v) is 35.1. The van der Waals surface area contributed by atoms with Gasteiger partial charge >= 0.3 is 70.0 Å². The van der Waals surface area contributed by atoms with E-state index < -0.39 is 32.6 Å². The normalized spacial score (nSPS) is 22.1. The summed E-state index contributed by atoms with van der Waals surface area (Å²) < 4.78 is 0. The topological polar surface area (TPSA) is 80.9 Å². The van der Waals surface area contributed by atoms with Crippen molar-refractivity contribution in [2.45, 2.75) is 255 Å². The Labute approximate surface area is 373 Å². The second-order valence-electron chi connectivity index (χ2n) is 19.3. The van der Waals surface area contributed by atoms with Crippen LogP contribution in [0.25, 0.3) is 0 Å². The van der Waals surface area contributed by atoms with Crippen molar-refractivity contribution in [2.24, 2.45) is 0 Å². The molecule has 0 radical (unpaired) electrons. The van der Waals surface area contributed by atoms with Crippen molar-refractivity contribution in [3.05, 3.63) is 0 Å². The van der Waals surface area contributed by atoms with Crippen LogP contribution in [-0.4, -0.2) is 62.8 Å². The van der Waals surface area contributed by atoms with Gasteiger partial charge in [-0.25, -0.2) is 0 Å². The summed E-state index contributed by atoms with van der Waals surface area (Å²) in [7, 11) is 16.3. The predicted molar refractivity (Wildman–Crippen MR) is 246 cm³/mol. The van der Waals surface area contributed by atoms with E-state index in [1.807, 2.05) is 0 Å². The third-order valence-corrected chi connectivity index (χ3v) is 20.8. The molecule has 4 rings (SSSR count). The fourth-order valence-corrected chi connectivity index (χ4v) is 15.3. The maximum atomic E-state index is 10.1. The number of halogens is 4. The molecule has 4 aliphatic carbocycles. The summed E-state index contributed by atoms with van der Waals surface area (Å²) in [5, 5.41) is 0.545. The summed E-state index contributed by atoms with van der Waals surface area (Å²) >= 11 is -0.211. The molecule has 4 aliphatic rings. The van der Waals surface area contributed by atoms with Gasteiger partial charge in [-0.1, -0.05) is 160 Å². The molecule has 0 amide bonds. The summed E-state index contributed by atoms with van der Waals surface area (Å²) in [6.07, 6.45) is 26.3. The van der Waals surface area contributed by atoms with Gasteiger partial charge in [-0.3, -0.25) is 0 Å². The van der Waals surface area contributed by atoms with Gasteiger partial charge < -0.3 is 19.6 Å². The Balaban J connectivity index is 0. The Morgan fingerprint density at radius 3 is 0.519 bits per heavy atom. The third kappa shape index (κ3) is 29.4. The van der Waals surface area contributed by atoms with E-state index in [1.54, 1.807) is 0 Å². The molecule has 0 aliphatic heterocycles. The Morgan fingerprint density at radius 1 is 0.315 bits per heavy atom. The number of hydrogen-bond acceptors (Lipinski definition) is 4. The van der Waals surface area contributed by atoms with Crippen molar-refractivity contribution >= 4 is 70.7 Å². The van der Waals surface area contributed by atoms with Crippen molar-refractivity contribution in [3.8, 4) is 0 Å². The van der Waals surface area contributed by atoms with Crippen LogP contribution in [0.1, 0.15) is 212 Å². The van der Waals surface area contributed by atoms with Crippen molar-refractivity contribution < 1.29 is 51.5 Å². The molecule has 0 aromatic carbocycles. The minimum atomic E-state index is -0.740. The van der Waals surface area contributed by atoms with Crippen LogP contribution in [0, 0.1) is 0 Å². The molecule has 0 aromatic rings. The van der Waals surface area contributed by atoms with Gasteiger partial charge in [0.1, 0.15) is 0 Å². The van der Waals surface area contributed by atoms with Gasteiger partial charge in [-0.05, 0) is 51.4 Å². The van der Waals surface area contributed by atoms with Crippen LogP contribution >= 0.6 is 70.7 Å². The van der Waals surface area contributed by atoms with Crippen molar-refractivity contribution in [1.29, 1.82) is 0 Å². The Bertz CT molecular complexity index is 730. The summed E-state index contributed by atoms with van der Waals surface area (Å²) in [4.78, 5) is 40.3. The van der Waals surface area contributed by atoms with Crippen LogP contribution < -0.4 is 0 Å². The third-order valence-electron chi connectivity index (χ3n) is 10.4. The Hall–Kier alpha value is 4.04. The first kappa shape index (κ1) is 60.1. The van der Waals surface area contributed by atoms with E-state index in [-0.39, 0.29) is 52.5 Å². The summed E-state index contributed by atoms with van der Waals surface area (Å²) in [5.41, 5.74) is 2.53. The van der Waals surface area contributed by atoms with Crippen LogP contribution in [0.5, 0.6) is 0 Å². The van der Waals surface area contributed by atoms with Gasteiger partial charge in [0, 0.05) is 75.9 Å². The Morgan fingerprint density at radius 2 is 0.426 bits per heavy atom. The molecule has 4 saturated carbocycles. The zero-order valence-electron chi connectivity index (χ0n) is 36.2.